The number of piperazine rings is 1. The second-order valence-corrected chi connectivity index (χ2v) is 6.83. The highest BCUT2D eigenvalue weighted by atomic mass is 16.3. The molecule has 0 spiro atoms. The van der Waals surface area contributed by atoms with E-state index in [1.807, 2.05) is 16.7 Å². The average molecular weight is 318 g/mol. The largest absolute Gasteiger partial charge is 0.469 e. The van der Waals surface area contributed by atoms with Crippen LogP contribution < -0.4 is 0 Å². The second-order valence-electron chi connectivity index (χ2n) is 6.83. The van der Waals surface area contributed by atoms with Crippen molar-refractivity contribution in [3.8, 4) is 0 Å². The van der Waals surface area contributed by atoms with Crippen LogP contribution in [0.25, 0.3) is 0 Å². The minimum atomic E-state index is 0.00114. The molecule has 2 amide bonds. The molecule has 0 bridgehead atoms. The maximum Gasteiger partial charge on any atom is 0.257 e. The summed E-state index contributed by atoms with van der Waals surface area (Å²) in [5, 5.41) is 0. The summed E-state index contributed by atoms with van der Waals surface area (Å²) < 4.78 is 5.21. The highest BCUT2D eigenvalue weighted by molar-refractivity contribution is 5.94. The van der Waals surface area contributed by atoms with Gasteiger partial charge in [0.2, 0.25) is 5.91 Å². The molecule has 0 radical (unpaired) electrons. The van der Waals surface area contributed by atoms with Crippen molar-refractivity contribution in [1.29, 1.82) is 0 Å². The van der Waals surface area contributed by atoms with Crippen LogP contribution >= 0.6 is 0 Å². The molecule has 0 N–H and O–H groups in total. The third kappa shape index (κ3) is 3.95. The molecule has 0 atom stereocenters. The Kier molecular flexibility index (Phi) is 5.03. The number of aryl methyl sites for hydroxylation is 1. The zero-order valence-electron chi connectivity index (χ0n) is 13.9. The van der Waals surface area contributed by atoms with Gasteiger partial charge in [0.05, 0.1) is 5.56 Å². The highest BCUT2D eigenvalue weighted by Gasteiger charge is 2.27. The summed E-state index contributed by atoms with van der Waals surface area (Å²) >= 11 is 0. The molecule has 5 nitrogen and oxygen atoms in total. The van der Waals surface area contributed by atoms with Crippen LogP contribution in [0, 0.1) is 12.8 Å². The lowest BCUT2D eigenvalue weighted by molar-refractivity contribution is -0.133. The first-order chi connectivity index (χ1) is 11.1. The van der Waals surface area contributed by atoms with Crippen LogP contribution in [0.2, 0.25) is 0 Å². The van der Waals surface area contributed by atoms with Crippen molar-refractivity contribution in [2.45, 2.75) is 45.4 Å². The van der Waals surface area contributed by atoms with E-state index in [1.165, 1.54) is 38.4 Å². The first-order valence-corrected chi connectivity index (χ1v) is 8.75. The lowest BCUT2D eigenvalue weighted by Crippen LogP contribution is -2.50. The van der Waals surface area contributed by atoms with Gasteiger partial charge in [-0.2, -0.15) is 0 Å². The van der Waals surface area contributed by atoms with Gasteiger partial charge in [-0.25, -0.2) is 0 Å². The third-order valence-corrected chi connectivity index (χ3v) is 5.09. The van der Waals surface area contributed by atoms with Crippen LogP contribution in [0.15, 0.2) is 16.7 Å². The van der Waals surface area contributed by atoms with Crippen LogP contribution in [0.5, 0.6) is 0 Å². The minimum absolute atomic E-state index is 0.00114. The van der Waals surface area contributed by atoms with E-state index in [9.17, 15) is 9.59 Å². The predicted octanol–water partition coefficient (Wildman–Crippen LogP) is 2.84. The molecule has 3 rings (SSSR count). The van der Waals surface area contributed by atoms with E-state index >= 15 is 0 Å². The monoisotopic (exact) mass is 318 g/mol. The standard InChI is InChI=1S/C18H26N2O3/c1-14-11-16(13-23-14)18(22)20-9-7-19(8-10-20)17(21)12-15-5-3-2-4-6-15/h11,13,15H,2-10,12H2,1H3. The highest BCUT2D eigenvalue weighted by Crippen LogP contribution is 2.27. The Balaban J connectivity index is 1.47. The lowest BCUT2D eigenvalue weighted by atomic mass is 9.86. The smallest absolute Gasteiger partial charge is 0.257 e. The van der Waals surface area contributed by atoms with Gasteiger partial charge in [-0.1, -0.05) is 19.3 Å². The van der Waals surface area contributed by atoms with Crippen molar-refractivity contribution < 1.29 is 14.0 Å². The number of nitrogens with zero attached hydrogens (tertiary/aromatic N) is 2. The molecule has 1 aromatic heterocycles. The number of carbonyl (C=O) groups excluding carboxylic acids is 2. The van der Waals surface area contributed by atoms with Gasteiger partial charge in [-0.3, -0.25) is 9.59 Å². The number of carbonyl (C=O) groups is 2. The number of hydrogen-bond acceptors (Lipinski definition) is 3. The maximum atomic E-state index is 12.4. The molecule has 1 aliphatic heterocycles. The molecule has 1 aromatic rings. The van der Waals surface area contributed by atoms with Gasteiger partial charge in [0.1, 0.15) is 12.0 Å². The molecule has 5 heteroatoms. The summed E-state index contributed by atoms with van der Waals surface area (Å²) in [5.74, 6) is 1.59. The average Bonchev–Trinajstić information content (AvgIpc) is 3.02. The van der Waals surface area contributed by atoms with E-state index in [0.29, 0.717) is 44.1 Å². The molecular weight excluding hydrogens is 292 g/mol. The summed E-state index contributed by atoms with van der Waals surface area (Å²) in [6, 6.07) is 1.77. The molecule has 23 heavy (non-hydrogen) atoms. The van der Waals surface area contributed by atoms with Crippen molar-refractivity contribution >= 4 is 11.8 Å². The summed E-state index contributed by atoms with van der Waals surface area (Å²) in [5.41, 5.74) is 0.601. The van der Waals surface area contributed by atoms with Crippen LogP contribution in [0.4, 0.5) is 0 Å². The lowest BCUT2D eigenvalue weighted by Gasteiger charge is -2.35. The van der Waals surface area contributed by atoms with E-state index in [-0.39, 0.29) is 11.8 Å². The normalized spacial score (nSPS) is 19.9. The molecular formula is C18H26N2O3. The number of rotatable bonds is 3. The number of furan rings is 1. The first-order valence-electron chi connectivity index (χ1n) is 8.75. The summed E-state index contributed by atoms with van der Waals surface area (Å²) in [4.78, 5) is 28.5. The van der Waals surface area contributed by atoms with Gasteiger partial charge in [0.15, 0.2) is 0 Å². The topological polar surface area (TPSA) is 53.8 Å². The van der Waals surface area contributed by atoms with E-state index in [1.54, 1.807) is 6.07 Å². The predicted molar refractivity (Wildman–Crippen MR) is 87.1 cm³/mol. The fourth-order valence-electron chi connectivity index (χ4n) is 3.66. The molecule has 2 aliphatic rings. The SMILES string of the molecule is Cc1cc(C(=O)N2CCN(C(=O)CC3CCCCC3)CC2)co1. The fourth-order valence-corrected chi connectivity index (χ4v) is 3.66. The number of amides is 2. The van der Waals surface area contributed by atoms with E-state index in [0.717, 1.165) is 5.76 Å². The van der Waals surface area contributed by atoms with Gasteiger partial charge in [-0.15, -0.1) is 0 Å². The summed E-state index contributed by atoms with van der Waals surface area (Å²) in [6.07, 6.45) is 8.45. The molecule has 0 aromatic carbocycles. The first kappa shape index (κ1) is 16.1. The third-order valence-electron chi connectivity index (χ3n) is 5.09. The Morgan fingerprint density at radius 3 is 2.35 bits per heavy atom. The summed E-state index contributed by atoms with van der Waals surface area (Å²) in [7, 11) is 0. The van der Waals surface area contributed by atoms with E-state index in [4.69, 9.17) is 4.42 Å². The minimum Gasteiger partial charge on any atom is -0.469 e. The Morgan fingerprint density at radius 2 is 1.74 bits per heavy atom. The quantitative estimate of drug-likeness (QED) is 0.861. The molecule has 126 valence electrons. The van der Waals surface area contributed by atoms with E-state index in [2.05, 4.69) is 0 Å². The van der Waals surface area contributed by atoms with Crippen molar-refractivity contribution in [3.63, 3.8) is 0 Å². The molecule has 1 saturated carbocycles. The molecule has 1 saturated heterocycles. The van der Waals surface area contributed by atoms with Crippen LogP contribution in [0.1, 0.15) is 54.6 Å². The molecule has 1 aliphatic carbocycles. The maximum absolute atomic E-state index is 12.4. The zero-order valence-corrected chi connectivity index (χ0v) is 13.9. The van der Waals surface area contributed by atoms with Crippen LogP contribution in [0.3, 0.4) is 0 Å². The van der Waals surface area contributed by atoms with Gasteiger partial charge in [0, 0.05) is 32.6 Å². The van der Waals surface area contributed by atoms with Crippen molar-refractivity contribution in [3.05, 3.63) is 23.7 Å². The van der Waals surface area contributed by atoms with Gasteiger partial charge in [0.25, 0.3) is 5.91 Å². The number of hydrogen-bond donors (Lipinski definition) is 0. The van der Waals surface area contributed by atoms with Gasteiger partial charge < -0.3 is 14.2 Å². The van der Waals surface area contributed by atoms with Gasteiger partial charge >= 0.3 is 0 Å². The molecule has 2 fully saturated rings. The Labute approximate surface area is 137 Å². The van der Waals surface area contributed by atoms with Crippen LogP contribution in [-0.2, 0) is 4.79 Å². The Bertz CT molecular complexity index is 552. The molecule has 2 heterocycles. The van der Waals surface area contributed by atoms with Crippen molar-refractivity contribution in [2.75, 3.05) is 26.2 Å². The molecule has 0 unspecified atom stereocenters. The zero-order chi connectivity index (χ0) is 16.2. The van der Waals surface area contributed by atoms with Crippen LogP contribution in [-0.4, -0.2) is 47.8 Å². The van der Waals surface area contributed by atoms with Crippen molar-refractivity contribution in [1.82, 2.24) is 9.80 Å². The van der Waals surface area contributed by atoms with E-state index < -0.39 is 0 Å². The Hall–Kier alpha value is -1.78. The van der Waals surface area contributed by atoms with Crippen molar-refractivity contribution in [2.24, 2.45) is 5.92 Å². The fraction of sp³-hybridized carbons (Fsp3) is 0.667. The second kappa shape index (κ2) is 7.20. The Morgan fingerprint density at radius 1 is 1.09 bits per heavy atom. The van der Waals surface area contributed by atoms with Gasteiger partial charge in [-0.05, 0) is 31.7 Å². The summed E-state index contributed by atoms with van der Waals surface area (Å²) in [6.45, 7) is 4.35.